The van der Waals surface area contributed by atoms with Crippen molar-refractivity contribution in [3.8, 4) is 6.07 Å². The van der Waals surface area contributed by atoms with E-state index in [0.29, 0.717) is 32.3 Å². The number of rotatable bonds is 3. The number of thiazole rings is 1. The lowest BCUT2D eigenvalue weighted by molar-refractivity contribution is 1.17. The highest BCUT2D eigenvalue weighted by Gasteiger charge is 2.09. The predicted octanol–water partition coefficient (Wildman–Crippen LogP) is 4.59. The van der Waals surface area contributed by atoms with E-state index in [4.69, 9.17) is 40.1 Å². The van der Waals surface area contributed by atoms with E-state index in [1.807, 2.05) is 6.07 Å². The standard InChI is InChI=1S/C11H6Cl3N3S/c12-7-1-6(3-15)10(9(13)2-7)16-4-8-5-17-11(14)18-8/h1-2,5,16H,4H2. The summed E-state index contributed by atoms with van der Waals surface area (Å²) in [6, 6.07) is 5.20. The van der Waals surface area contributed by atoms with Gasteiger partial charge in [-0.15, -0.1) is 11.3 Å². The molecule has 1 heterocycles. The fraction of sp³-hybridized carbons (Fsp3) is 0.0909. The van der Waals surface area contributed by atoms with E-state index in [1.165, 1.54) is 11.3 Å². The van der Waals surface area contributed by atoms with Crippen LogP contribution in [-0.2, 0) is 6.54 Å². The summed E-state index contributed by atoms with van der Waals surface area (Å²) in [7, 11) is 0. The van der Waals surface area contributed by atoms with Crippen molar-refractivity contribution in [3.63, 3.8) is 0 Å². The van der Waals surface area contributed by atoms with Gasteiger partial charge in [-0.25, -0.2) is 4.98 Å². The lowest BCUT2D eigenvalue weighted by Gasteiger charge is -2.09. The zero-order valence-electron chi connectivity index (χ0n) is 8.88. The SMILES string of the molecule is N#Cc1cc(Cl)cc(Cl)c1NCc1cnc(Cl)s1. The van der Waals surface area contributed by atoms with E-state index in [0.717, 1.165) is 4.88 Å². The highest BCUT2D eigenvalue weighted by Crippen LogP contribution is 2.30. The van der Waals surface area contributed by atoms with E-state index >= 15 is 0 Å². The van der Waals surface area contributed by atoms with Crippen LogP contribution in [0, 0.1) is 11.3 Å². The van der Waals surface area contributed by atoms with Gasteiger partial charge < -0.3 is 5.32 Å². The van der Waals surface area contributed by atoms with Crippen LogP contribution in [0.15, 0.2) is 18.3 Å². The van der Waals surface area contributed by atoms with Gasteiger partial charge in [0.2, 0.25) is 0 Å². The Hall–Kier alpha value is -0.990. The minimum Gasteiger partial charge on any atom is -0.378 e. The van der Waals surface area contributed by atoms with E-state index in [-0.39, 0.29) is 0 Å². The number of aromatic nitrogens is 1. The second-order valence-electron chi connectivity index (χ2n) is 3.36. The van der Waals surface area contributed by atoms with Crippen LogP contribution in [0.5, 0.6) is 0 Å². The molecule has 0 saturated carbocycles. The van der Waals surface area contributed by atoms with E-state index in [9.17, 15) is 0 Å². The van der Waals surface area contributed by atoms with Gasteiger partial charge in [0.1, 0.15) is 6.07 Å². The average Bonchev–Trinajstić information content (AvgIpc) is 2.73. The van der Waals surface area contributed by atoms with E-state index in [1.54, 1.807) is 18.3 Å². The van der Waals surface area contributed by atoms with Gasteiger partial charge in [0.05, 0.1) is 22.8 Å². The van der Waals surface area contributed by atoms with Crippen LogP contribution in [0.25, 0.3) is 0 Å². The lowest BCUT2D eigenvalue weighted by atomic mass is 10.2. The molecular formula is C11H6Cl3N3S. The van der Waals surface area contributed by atoms with Crippen molar-refractivity contribution in [2.45, 2.75) is 6.54 Å². The molecule has 2 aromatic rings. The monoisotopic (exact) mass is 317 g/mol. The smallest absolute Gasteiger partial charge is 0.183 e. The Bertz CT molecular complexity index is 618. The van der Waals surface area contributed by atoms with Gasteiger partial charge in [0.15, 0.2) is 4.47 Å². The van der Waals surface area contributed by atoms with Crippen molar-refractivity contribution in [2.24, 2.45) is 0 Å². The Morgan fingerprint density at radius 1 is 1.33 bits per heavy atom. The van der Waals surface area contributed by atoms with Gasteiger partial charge >= 0.3 is 0 Å². The quantitative estimate of drug-likeness (QED) is 0.900. The molecule has 2 rings (SSSR count). The Labute approximate surface area is 123 Å². The van der Waals surface area contributed by atoms with E-state index < -0.39 is 0 Å². The van der Waals surface area contributed by atoms with E-state index in [2.05, 4.69) is 10.3 Å². The summed E-state index contributed by atoms with van der Waals surface area (Å²) in [5.74, 6) is 0. The Balaban J connectivity index is 2.21. The van der Waals surface area contributed by atoms with Crippen molar-refractivity contribution in [1.82, 2.24) is 4.98 Å². The average molecular weight is 319 g/mol. The fourth-order valence-corrected chi connectivity index (χ4v) is 2.86. The molecule has 0 aliphatic rings. The molecular weight excluding hydrogens is 313 g/mol. The van der Waals surface area contributed by atoms with Crippen LogP contribution in [-0.4, -0.2) is 4.98 Å². The Morgan fingerprint density at radius 2 is 2.11 bits per heavy atom. The van der Waals surface area contributed by atoms with Gasteiger partial charge in [-0.1, -0.05) is 34.8 Å². The van der Waals surface area contributed by atoms with Crippen molar-refractivity contribution in [3.05, 3.63) is 43.3 Å². The molecule has 0 saturated heterocycles. The van der Waals surface area contributed by atoms with Crippen LogP contribution in [0.3, 0.4) is 0 Å². The number of anilines is 1. The van der Waals surface area contributed by atoms with Crippen molar-refractivity contribution in [2.75, 3.05) is 5.32 Å². The summed E-state index contributed by atoms with van der Waals surface area (Å²) in [4.78, 5) is 4.89. The van der Waals surface area contributed by atoms with Crippen LogP contribution >= 0.6 is 46.1 Å². The maximum atomic E-state index is 9.03. The topological polar surface area (TPSA) is 48.7 Å². The molecule has 0 bridgehead atoms. The summed E-state index contributed by atoms with van der Waals surface area (Å²) < 4.78 is 0.481. The number of nitrogens with one attached hydrogen (secondary N) is 1. The molecule has 92 valence electrons. The molecule has 1 aromatic heterocycles. The summed E-state index contributed by atoms with van der Waals surface area (Å²) in [6.45, 7) is 0.500. The largest absolute Gasteiger partial charge is 0.378 e. The maximum absolute atomic E-state index is 9.03. The third-order valence-corrected chi connectivity index (χ3v) is 3.77. The number of nitrogens with zero attached hydrogens (tertiary/aromatic N) is 2. The molecule has 0 amide bonds. The first-order chi connectivity index (χ1) is 8.60. The molecule has 0 spiro atoms. The molecule has 0 atom stereocenters. The molecule has 0 fully saturated rings. The molecule has 0 unspecified atom stereocenters. The van der Waals surface area contributed by atoms with Gasteiger partial charge in [0.25, 0.3) is 0 Å². The third-order valence-electron chi connectivity index (χ3n) is 2.14. The molecule has 7 heteroatoms. The first-order valence-electron chi connectivity index (χ1n) is 4.83. The molecule has 1 N–H and O–H groups in total. The minimum absolute atomic E-state index is 0.406. The van der Waals surface area contributed by atoms with Crippen LogP contribution in [0.4, 0.5) is 5.69 Å². The van der Waals surface area contributed by atoms with Crippen molar-refractivity contribution in [1.29, 1.82) is 5.26 Å². The summed E-state index contributed by atoms with van der Waals surface area (Å²) in [5.41, 5.74) is 0.969. The Kier molecular flexibility index (Phi) is 4.31. The zero-order chi connectivity index (χ0) is 13.1. The number of halogens is 3. The summed E-state index contributed by atoms with van der Waals surface area (Å²) in [6.07, 6.45) is 1.68. The fourth-order valence-electron chi connectivity index (χ4n) is 1.38. The summed E-state index contributed by atoms with van der Waals surface area (Å²) >= 11 is 19.0. The van der Waals surface area contributed by atoms with Crippen LogP contribution in [0.2, 0.25) is 14.5 Å². The maximum Gasteiger partial charge on any atom is 0.183 e. The van der Waals surface area contributed by atoms with Gasteiger partial charge in [-0.3, -0.25) is 0 Å². The van der Waals surface area contributed by atoms with Gasteiger partial charge in [-0.05, 0) is 12.1 Å². The molecule has 0 aliphatic heterocycles. The number of hydrogen-bond donors (Lipinski definition) is 1. The molecule has 0 radical (unpaired) electrons. The van der Waals surface area contributed by atoms with Gasteiger partial charge in [-0.2, -0.15) is 5.26 Å². The highest BCUT2D eigenvalue weighted by molar-refractivity contribution is 7.15. The molecule has 18 heavy (non-hydrogen) atoms. The number of benzene rings is 1. The van der Waals surface area contributed by atoms with Crippen LogP contribution in [0.1, 0.15) is 10.4 Å². The zero-order valence-corrected chi connectivity index (χ0v) is 12.0. The molecule has 1 aromatic carbocycles. The van der Waals surface area contributed by atoms with Crippen molar-refractivity contribution >= 4 is 51.8 Å². The molecule has 0 aliphatic carbocycles. The Morgan fingerprint density at radius 3 is 2.72 bits per heavy atom. The van der Waals surface area contributed by atoms with Crippen molar-refractivity contribution < 1.29 is 0 Å². The second-order valence-corrected chi connectivity index (χ2v) is 5.90. The lowest BCUT2D eigenvalue weighted by Crippen LogP contribution is -2.00. The second kappa shape index (κ2) is 5.77. The third kappa shape index (κ3) is 3.06. The first-order valence-corrected chi connectivity index (χ1v) is 6.78. The first kappa shape index (κ1) is 13.4. The normalized spacial score (nSPS) is 10.1. The van der Waals surface area contributed by atoms with Gasteiger partial charge in [0, 0.05) is 16.1 Å². The number of nitriles is 1. The molecule has 3 nitrogen and oxygen atoms in total. The summed E-state index contributed by atoms with van der Waals surface area (Å²) in [5, 5.41) is 13.0. The minimum atomic E-state index is 0.406. The predicted molar refractivity (Wildman–Crippen MR) is 75.6 cm³/mol. The highest BCUT2D eigenvalue weighted by atomic mass is 35.5. The number of hydrogen-bond acceptors (Lipinski definition) is 4. The van der Waals surface area contributed by atoms with Crippen LogP contribution < -0.4 is 5.32 Å².